The first-order chi connectivity index (χ1) is 12.6. The standard InChI is InChI=1S/C21H29NO4/c23-20(16-9-11-17(12-10-16)21(24)25)22-18-6-4-5-15(13-18)14-26-19-7-2-1-3-8-19/h4-6,13,16-17,19H,1-3,7-12,14H2,(H,22,23)(H,24,25). The van der Waals surface area contributed by atoms with Crippen LogP contribution in [0, 0.1) is 11.8 Å². The average molecular weight is 359 g/mol. The van der Waals surface area contributed by atoms with Gasteiger partial charge in [0.25, 0.3) is 0 Å². The first kappa shape index (κ1) is 18.9. The van der Waals surface area contributed by atoms with Gasteiger partial charge in [0.15, 0.2) is 0 Å². The second-order valence-corrected chi connectivity index (χ2v) is 7.65. The van der Waals surface area contributed by atoms with Gasteiger partial charge in [0, 0.05) is 11.6 Å². The zero-order valence-corrected chi connectivity index (χ0v) is 15.3. The molecule has 26 heavy (non-hydrogen) atoms. The monoisotopic (exact) mass is 359 g/mol. The van der Waals surface area contributed by atoms with Crippen LogP contribution < -0.4 is 5.32 Å². The number of amides is 1. The lowest BCUT2D eigenvalue weighted by Gasteiger charge is -2.25. The van der Waals surface area contributed by atoms with E-state index in [0.29, 0.717) is 38.4 Å². The molecule has 3 rings (SSSR count). The lowest BCUT2D eigenvalue weighted by atomic mass is 9.81. The predicted octanol–water partition coefficient (Wildman–Crippen LogP) is 4.37. The van der Waals surface area contributed by atoms with Crippen molar-refractivity contribution in [1.82, 2.24) is 0 Å². The highest BCUT2D eigenvalue weighted by Gasteiger charge is 2.29. The summed E-state index contributed by atoms with van der Waals surface area (Å²) in [6, 6.07) is 7.83. The number of hydrogen-bond acceptors (Lipinski definition) is 3. The number of aliphatic carboxylic acids is 1. The summed E-state index contributed by atoms with van der Waals surface area (Å²) in [5.41, 5.74) is 1.86. The van der Waals surface area contributed by atoms with E-state index in [4.69, 9.17) is 9.84 Å². The van der Waals surface area contributed by atoms with Crippen LogP contribution in [0.25, 0.3) is 0 Å². The normalized spacial score (nSPS) is 24.2. The van der Waals surface area contributed by atoms with Crippen LogP contribution in [0.3, 0.4) is 0 Å². The summed E-state index contributed by atoms with van der Waals surface area (Å²) in [6.45, 7) is 0.581. The van der Waals surface area contributed by atoms with Gasteiger partial charge in [-0.25, -0.2) is 0 Å². The summed E-state index contributed by atoms with van der Waals surface area (Å²) >= 11 is 0. The molecule has 5 heteroatoms. The van der Waals surface area contributed by atoms with E-state index in [1.54, 1.807) is 0 Å². The molecule has 1 aromatic rings. The molecule has 0 aromatic heterocycles. The van der Waals surface area contributed by atoms with Gasteiger partial charge in [-0.2, -0.15) is 0 Å². The Morgan fingerprint density at radius 3 is 2.38 bits per heavy atom. The van der Waals surface area contributed by atoms with Crippen molar-refractivity contribution in [2.24, 2.45) is 11.8 Å². The van der Waals surface area contributed by atoms with E-state index in [9.17, 15) is 9.59 Å². The molecule has 0 heterocycles. The molecule has 2 saturated carbocycles. The molecule has 0 unspecified atom stereocenters. The molecule has 2 aliphatic carbocycles. The van der Waals surface area contributed by atoms with Crippen LogP contribution in [-0.2, 0) is 20.9 Å². The number of ether oxygens (including phenoxy) is 1. The SMILES string of the molecule is O=C(O)C1CCC(C(=O)Nc2cccc(COC3CCCCC3)c2)CC1. The Morgan fingerprint density at radius 1 is 1.00 bits per heavy atom. The Labute approximate surface area is 155 Å². The van der Waals surface area contributed by atoms with Crippen LogP contribution >= 0.6 is 0 Å². The molecule has 0 radical (unpaired) electrons. The van der Waals surface area contributed by atoms with Gasteiger partial charge in [-0.1, -0.05) is 31.4 Å². The number of carboxylic acids is 1. The van der Waals surface area contributed by atoms with Crippen LogP contribution in [-0.4, -0.2) is 23.1 Å². The summed E-state index contributed by atoms with van der Waals surface area (Å²) < 4.78 is 6.01. The van der Waals surface area contributed by atoms with Crippen LogP contribution in [0.2, 0.25) is 0 Å². The molecule has 0 spiro atoms. The number of carbonyl (C=O) groups is 2. The molecule has 2 N–H and O–H groups in total. The zero-order chi connectivity index (χ0) is 18.4. The van der Waals surface area contributed by atoms with Gasteiger partial charge < -0.3 is 15.2 Å². The van der Waals surface area contributed by atoms with Crippen molar-refractivity contribution >= 4 is 17.6 Å². The van der Waals surface area contributed by atoms with E-state index in [0.717, 1.165) is 24.1 Å². The third kappa shape index (κ3) is 5.31. The van der Waals surface area contributed by atoms with Crippen molar-refractivity contribution in [1.29, 1.82) is 0 Å². The number of nitrogens with one attached hydrogen (secondary N) is 1. The number of hydrogen-bond donors (Lipinski definition) is 2. The molecule has 0 saturated heterocycles. The Kier molecular flexibility index (Phi) is 6.67. The first-order valence-corrected chi connectivity index (χ1v) is 9.86. The molecule has 1 amide bonds. The minimum atomic E-state index is -0.741. The predicted molar refractivity (Wildman–Crippen MR) is 99.8 cm³/mol. The number of benzene rings is 1. The highest BCUT2D eigenvalue weighted by atomic mass is 16.5. The molecule has 0 aliphatic heterocycles. The van der Waals surface area contributed by atoms with Gasteiger partial charge in [0.2, 0.25) is 5.91 Å². The second-order valence-electron chi connectivity index (χ2n) is 7.65. The fourth-order valence-corrected chi connectivity index (χ4v) is 4.03. The maximum atomic E-state index is 12.5. The van der Waals surface area contributed by atoms with Gasteiger partial charge in [0.05, 0.1) is 18.6 Å². The number of anilines is 1. The highest BCUT2D eigenvalue weighted by Crippen LogP contribution is 2.30. The maximum absolute atomic E-state index is 12.5. The van der Waals surface area contributed by atoms with Crippen molar-refractivity contribution < 1.29 is 19.4 Å². The number of carbonyl (C=O) groups excluding carboxylic acids is 1. The maximum Gasteiger partial charge on any atom is 0.306 e. The minimum absolute atomic E-state index is 0.000752. The van der Waals surface area contributed by atoms with Crippen molar-refractivity contribution in [3.63, 3.8) is 0 Å². The summed E-state index contributed by atoms with van der Waals surface area (Å²) in [7, 11) is 0. The summed E-state index contributed by atoms with van der Waals surface area (Å²) in [5.74, 6) is -1.12. The van der Waals surface area contributed by atoms with Crippen molar-refractivity contribution in [3.8, 4) is 0 Å². The van der Waals surface area contributed by atoms with E-state index >= 15 is 0 Å². The quantitative estimate of drug-likeness (QED) is 0.791. The van der Waals surface area contributed by atoms with Crippen molar-refractivity contribution in [2.45, 2.75) is 70.5 Å². The molecule has 5 nitrogen and oxygen atoms in total. The fourth-order valence-electron chi connectivity index (χ4n) is 4.03. The Hall–Kier alpha value is -1.88. The van der Waals surface area contributed by atoms with Gasteiger partial charge >= 0.3 is 5.97 Å². The molecule has 1 aromatic carbocycles. The molecule has 2 aliphatic rings. The summed E-state index contributed by atoms with van der Waals surface area (Å²) in [6.07, 6.45) is 8.95. The highest BCUT2D eigenvalue weighted by molar-refractivity contribution is 5.92. The van der Waals surface area contributed by atoms with Crippen LogP contribution in [0.15, 0.2) is 24.3 Å². The van der Waals surface area contributed by atoms with E-state index in [1.807, 2.05) is 24.3 Å². The Balaban J connectivity index is 1.48. The molecule has 142 valence electrons. The average Bonchev–Trinajstić information content (AvgIpc) is 2.67. The van der Waals surface area contributed by atoms with E-state index < -0.39 is 5.97 Å². The largest absolute Gasteiger partial charge is 0.481 e. The van der Waals surface area contributed by atoms with Gasteiger partial charge in [-0.3, -0.25) is 9.59 Å². The van der Waals surface area contributed by atoms with Crippen molar-refractivity contribution in [2.75, 3.05) is 5.32 Å². The smallest absolute Gasteiger partial charge is 0.306 e. The van der Waals surface area contributed by atoms with E-state index in [2.05, 4.69) is 5.32 Å². The van der Waals surface area contributed by atoms with Gasteiger partial charge in [0.1, 0.15) is 0 Å². The first-order valence-electron chi connectivity index (χ1n) is 9.86. The van der Waals surface area contributed by atoms with Gasteiger partial charge in [-0.05, 0) is 56.2 Å². The van der Waals surface area contributed by atoms with Gasteiger partial charge in [-0.15, -0.1) is 0 Å². The molecule has 2 fully saturated rings. The molecular formula is C21H29NO4. The Morgan fingerprint density at radius 2 is 1.69 bits per heavy atom. The lowest BCUT2D eigenvalue weighted by molar-refractivity contribution is -0.143. The second kappa shape index (κ2) is 9.17. The van der Waals surface area contributed by atoms with E-state index in [1.165, 1.54) is 19.3 Å². The third-order valence-corrected chi connectivity index (χ3v) is 5.68. The summed E-state index contributed by atoms with van der Waals surface area (Å²) in [4.78, 5) is 23.5. The van der Waals surface area contributed by atoms with Crippen LogP contribution in [0.5, 0.6) is 0 Å². The number of rotatable bonds is 6. The van der Waals surface area contributed by atoms with Crippen molar-refractivity contribution in [3.05, 3.63) is 29.8 Å². The molecule has 0 atom stereocenters. The lowest BCUT2D eigenvalue weighted by Crippen LogP contribution is -2.29. The number of carboxylic acid groups (broad SMARTS) is 1. The zero-order valence-electron chi connectivity index (χ0n) is 15.3. The molecule has 0 bridgehead atoms. The summed E-state index contributed by atoms with van der Waals surface area (Å²) in [5, 5.41) is 12.1. The topological polar surface area (TPSA) is 75.6 Å². The third-order valence-electron chi connectivity index (χ3n) is 5.68. The van der Waals surface area contributed by atoms with Crippen LogP contribution in [0.4, 0.5) is 5.69 Å². The molecular weight excluding hydrogens is 330 g/mol. The Bertz CT molecular complexity index is 616. The fraction of sp³-hybridized carbons (Fsp3) is 0.619. The van der Waals surface area contributed by atoms with E-state index in [-0.39, 0.29) is 17.7 Å². The van der Waals surface area contributed by atoms with Crippen LogP contribution in [0.1, 0.15) is 63.4 Å². The minimum Gasteiger partial charge on any atom is -0.481 e.